The normalized spacial score (nSPS) is 11.1. The fourth-order valence-corrected chi connectivity index (χ4v) is 2.02. The molecule has 0 unspecified atom stereocenters. The lowest BCUT2D eigenvalue weighted by atomic mass is 10.2. The van der Waals surface area contributed by atoms with E-state index in [1.165, 1.54) is 0 Å². The van der Waals surface area contributed by atoms with E-state index in [1.54, 1.807) is 0 Å². The molecule has 0 bridgehead atoms. The van der Waals surface area contributed by atoms with Crippen LogP contribution in [0.3, 0.4) is 0 Å². The largest absolute Gasteiger partial charge is 0.334 e. The Morgan fingerprint density at radius 2 is 1.65 bits per heavy atom. The summed E-state index contributed by atoms with van der Waals surface area (Å²) in [5, 5.41) is 3.98. The quantitative estimate of drug-likeness (QED) is 0.702. The smallest absolute Gasteiger partial charge is 0.250 e. The lowest BCUT2D eigenvalue weighted by Crippen LogP contribution is -1.79. The van der Waals surface area contributed by atoms with Gasteiger partial charge in [-0.15, -0.1) is 0 Å². The third kappa shape index (κ3) is 3.03. The molecule has 0 fully saturated rings. The summed E-state index contributed by atoms with van der Waals surface area (Å²) in [7, 11) is 0. The van der Waals surface area contributed by atoms with E-state index < -0.39 is 0 Å². The first-order chi connectivity index (χ1) is 9.81. The molecule has 0 saturated carbocycles. The Hall–Kier alpha value is -2.20. The average Bonchev–Trinajstić information content (AvgIpc) is 2.96. The number of nitrogens with zero attached hydrogens (tertiary/aromatic N) is 2. The van der Waals surface area contributed by atoms with Gasteiger partial charge in [0.2, 0.25) is 5.82 Å². The van der Waals surface area contributed by atoms with Crippen molar-refractivity contribution in [3.8, 4) is 11.4 Å². The Labute approximate surface area is 125 Å². The van der Waals surface area contributed by atoms with Gasteiger partial charge in [0.1, 0.15) is 0 Å². The topological polar surface area (TPSA) is 38.9 Å². The molecule has 0 amide bonds. The van der Waals surface area contributed by atoms with Crippen LogP contribution in [0.2, 0.25) is 0 Å². The molecule has 1 heterocycles. The van der Waals surface area contributed by atoms with Gasteiger partial charge in [0.05, 0.1) is 0 Å². The molecule has 0 aliphatic heterocycles. The average molecular weight is 327 g/mol. The first-order valence-corrected chi connectivity index (χ1v) is 6.93. The summed E-state index contributed by atoms with van der Waals surface area (Å²) in [5.41, 5.74) is 2.02. The first kappa shape index (κ1) is 12.8. The monoisotopic (exact) mass is 326 g/mol. The van der Waals surface area contributed by atoms with Gasteiger partial charge in [0.15, 0.2) is 0 Å². The van der Waals surface area contributed by atoms with E-state index in [4.69, 9.17) is 4.52 Å². The zero-order valence-corrected chi connectivity index (χ0v) is 12.1. The zero-order chi connectivity index (χ0) is 13.8. The van der Waals surface area contributed by atoms with Crippen LogP contribution in [0.15, 0.2) is 63.6 Å². The number of rotatable bonds is 3. The van der Waals surface area contributed by atoms with Crippen molar-refractivity contribution in [1.29, 1.82) is 0 Å². The van der Waals surface area contributed by atoms with Gasteiger partial charge in [-0.1, -0.05) is 51.4 Å². The van der Waals surface area contributed by atoms with Crippen molar-refractivity contribution in [1.82, 2.24) is 10.1 Å². The standard InChI is InChI=1S/C16H11BrN2O/c17-14-9-7-13(8-10-14)16-18-15(20-19-16)11-6-12-4-2-1-3-5-12/h1-11H/b11-6+. The van der Waals surface area contributed by atoms with Gasteiger partial charge in [-0.05, 0) is 35.9 Å². The van der Waals surface area contributed by atoms with Crippen molar-refractivity contribution in [2.45, 2.75) is 0 Å². The third-order valence-corrected chi connectivity index (χ3v) is 3.29. The van der Waals surface area contributed by atoms with Crippen molar-refractivity contribution >= 4 is 28.1 Å². The van der Waals surface area contributed by atoms with Gasteiger partial charge in [0, 0.05) is 16.1 Å². The third-order valence-electron chi connectivity index (χ3n) is 2.76. The minimum Gasteiger partial charge on any atom is -0.334 e. The van der Waals surface area contributed by atoms with E-state index in [9.17, 15) is 0 Å². The van der Waals surface area contributed by atoms with Gasteiger partial charge in [-0.25, -0.2) is 0 Å². The molecule has 1 aromatic heterocycles. The molecule has 0 saturated heterocycles. The van der Waals surface area contributed by atoms with E-state index in [0.717, 1.165) is 15.6 Å². The lowest BCUT2D eigenvalue weighted by molar-refractivity contribution is 0.411. The number of aromatic nitrogens is 2. The fraction of sp³-hybridized carbons (Fsp3) is 0. The summed E-state index contributed by atoms with van der Waals surface area (Å²) in [6.07, 6.45) is 3.75. The van der Waals surface area contributed by atoms with Gasteiger partial charge in [0.25, 0.3) is 5.89 Å². The maximum Gasteiger partial charge on any atom is 0.250 e. The molecule has 3 rings (SSSR count). The van der Waals surface area contributed by atoms with Crippen LogP contribution in [0, 0.1) is 0 Å². The number of hydrogen-bond donors (Lipinski definition) is 0. The highest BCUT2D eigenvalue weighted by Gasteiger charge is 2.05. The van der Waals surface area contributed by atoms with Crippen LogP contribution in [0.25, 0.3) is 23.5 Å². The van der Waals surface area contributed by atoms with Gasteiger partial charge >= 0.3 is 0 Å². The molecule has 0 N–H and O–H groups in total. The van der Waals surface area contributed by atoms with Crippen LogP contribution in [0.5, 0.6) is 0 Å². The predicted molar refractivity (Wildman–Crippen MR) is 82.8 cm³/mol. The van der Waals surface area contributed by atoms with Crippen LogP contribution in [0.1, 0.15) is 11.5 Å². The highest BCUT2D eigenvalue weighted by atomic mass is 79.9. The number of benzene rings is 2. The molecule has 4 heteroatoms. The molecule has 0 atom stereocenters. The predicted octanol–water partition coefficient (Wildman–Crippen LogP) is 4.67. The van der Waals surface area contributed by atoms with Crippen LogP contribution in [-0.2, 0) is 0 Å². The van der Waals surface area contributed by atoms with Crippen LogP contribution in [0.4, 0.5) is 0 Å². The number of hydrogen-bond acceptors (Lipinski definition) is 3. The maximum absolute atomic E-state index is 5.21. The van der Waals surface area contributed by atoms with Crippen molar-refractivity contribution in [2.24, 2.45) is 0 Å². The maximum atomic E-state index is 5.21. The Bertz CT molecular complexity index is 718. The Balaban J connectivity index is 1.80. The van der Waals surface area contributed by atoms with Crippen LogP contribution >= 0.6 is 15.9 Å². The molecule has 98 valence electrons. The van der Waals surface area contributed by atoms with Crippen LogP contribution < -0.4 is 0 Å². The zero-order valence-electron chi connectivity index (χ0n) is 10.5. The molecule has 0 aliphatic rings. The van der Waals surface area contributed by atoms with Gasteiger partial charge in [-0.2, -0.15) is 4.98 Å². The Morgan fingerprint density at radius 3 is 2.40 bits per heavy atom. The van der Waals surface area contributed by atoms with Crippen molar-refractivity contribution < 1.29 is 4.52 Å². The van der Waals surface area contributed by atoms with E-state index in [2.05, 4.69) is 26.1 Å². The van der Waals surface area contributed by atoms with Crippen molar-refractivity contribution in [3.05, 3.63) is 70.5 Å². The van der Waals surface area contributed by atoms with Crippen molar-refractivity contribution in [3.63, 3.8) is 0 Å². The summed E-state index contributed by atoms with van der Waals surface area (Å²) >= 11 is 3.40. The summed E-state index contributed by atoms with van der Waals surface area (Å²) in [6.45, 7) is 0. The summed E-state index contributed by atoms with van der Waals surface area (Å²) in [5.74, 6) is 1.08. The first-order valence-electron chi connectivity index (χ1n) is 6.14. The highest BCUT2D eigenvalue weighted by molar-refractivity contribution is 9.10. The summed E-state index contributed by atoms with van der Waals surface area (Å²) in [6, 6.07) is 17.8. The van der Waals surface area contributed by atoms with Crippen LogP contribution in [-0.4, -0.2) is 10.1 Å². The molecule has 0 spiro atoms. The van der Waals surface area contributed by atoms with E-state index in [0.29, 0.717) is 11.7 Å². The van der Waals surface area contributed by atoms with E-state index in [-0.39, 0.29) is 0 Å². The second-order valence-electron chi connectivity index (χ2n) is 4.21. The molecule has 20 heavy (non-hydrogen) atoms. The molecular formula is C16H11BrN2O. The van der Waals surface area contributed by atoms with Gasteiger partial charge in [-0.3, -0.25) is 0 Å². The highest BCUT2D eigenvalue weighted by Crippen LogP contribution is 2.19. The summed E-state index contributed by atoms with van der Waals surface area (Å²) in [4.78, 5) is 4.35. The molecule has 0 aliphatic carbocycles. The van der Waals surface area contributed by atoms with Crippen molar-refractivity contribution in [2.75, 3.05) is 0 Å². The molecule has 0 radical (unpaired) electrons. The number of halogens is 1. The van der Waals surface area contributed by atoms with E-state index >= 15 is 0 Å². The van der Waals surface area contributed by atoms with E-state index in [1.807, 2.05) is 66.7 Å². The second kappa shape index (κ2) is 5.84. The molecule has 3 aromatic rings. The fourth-order valence-electron chi connectivity index (χ4n) is 1.75. The SMILES string of the molecule is Brc1ccc(-c2noc(/C=C/c3ccccc3)n2)cc1. The minimum atomic E-state index is 0.492. The van der Waals surface area contributed by atoms with Gasteiger partial charge < -0.3 is 4.52 Å². The second-order valence-corrected chi connectivity index (χ2v) is 5.12. The lowest BCUT2D eigenvalue weighted by Gasteiger charge is -1.93. The molecule has 3 nitrogen and oxygen atoms in total. The minimum absolute atomic E-state index is 0.492. The Morgan fingerprint density at radius 1 is 0.900 bits per heavy atom. The Kier molecular flexibility index (Phi) is 3.74. The molecular weight excluding hydrogens is 316 g/mol. The summed E-state index contributed by atoms with van der Waals surface area (Å²) < 4.78 is 6.23. The molecule has 2 aromatic carbocycles.